The number of fused-ring (bicyclic) bond motifs is 1. The second kappa shape index (κ2) is 6.57. The van der Waals surface area contributed by atoms with E-state index in [1.165, 1.54) is 15.6 Å². The SMILES string of the molecule is Cc1nn(C)c(OC(=O)NCCc2c(C)[nH]c3ccccc23)c1Cl. The van der Waals surface area contributed by atoms with Crippen LogP contribution in [0, 0.1) is 13.8 Å². The fourth-order valence-corrected chi connectivity index (χ4v) is 2.99. The second-order valence-corrected chi connectivity index (χ2v) is 6.05. The van der Waals surface area contributed by atoms with Crippen LogP contribution >= 0.6 is 11.6 Å². The molecule has 0 unspecified atom stereocenters. The molecule has 0 radical (unpaired) electrons. The molecular weight excluding hydrogens is 328 g/mol. The van der Waals surface area contributed by atoms with E-state index in [0.29, 0.717) is 23.7 Å². The summed E-state index contributed by atoms with van der Waals surface area (Å²) in [5.41, 5.74) is 4.03. The summed E-state index contributed by atoms with van der Waals surface area (Å²) in [6.07, 6.45) is 0.167. The van der Waals surface area contributed by atoms with Gasteiger partial charge in [-0.25, -0.2) is 9.48 Å². The van der Waals surface area contributed by atoms with Crippen molar-refractivity contribution in [3.05, 3.63) is 46.2 Å². The van der Waals surface area contributed by atoms with E-state index in [2.05, 4.69) is 21.5 Å². The Morgan fingerprint density at radius 1 is 1.38 bits per heavy atom. The van der Waals surface area contributed by atoms with E-state index in [0.717, 1.165) is 11.2 Å². The molecule has 0 aliphatic carbocycles. The molecule has 3 aromatic rings. The molecule has 7 heteroatoms. The number of H-pyrrole nitrogens is 1. The zero-order chi connectivity index (χ0) is 17.3. The quantitative estimate of drug-likeness (QED) is 0.759. The zero-order valence-electron chi connectivity index (χ0n) is 13.8. The van der Waals surface area contributed by atoms with Crippen LogP contribution in [0.5, 0.6) is 5.88 Å². The molecule has 0 aliphatic heterocycles. The Bertz CT molecular complexity index is 898. The predicted molar refractivity (Wildman–Crippen MR) is 93.7 cm³/mol. The van der Waals surface area contributed by atoms with Crippen molar-refractivity contribution in [2.75, 3.05) is 6.54 Å². The number of hydrogen-bond donors (Lipinski definition) is 2. The van der Waals surface area contributed by atoms with Crippen molar-refractivity contribution < 1.29 is 9.53 Å². The average Bonchev–Trinajstić information content (AvgIpc) is 2.98. The van der Waals surface area contributed by atoms with E-state index in [4.69, 9.17) is 16.3 Å². The third-order valence-electron chi connectivity index (χ3n) is 3.96. The van der Waals surface area contributed by atoms with Gasteiger partial charge in [0.1, 0.15) is 5.02 Å². The van der Waals surface area contributed by atoms with E-state index in [1.807, 2.05) is 25.1 Å². The van der Waals surface area contributed by atoms with Gasteiger partial charge >= 0.3 is 6.09 Å². The van der Waals surface area contributed by atoms with Gasteiger partial charge in [-0.05, 0) is 31.9 Å². The number of halogens is 1. The molecule has 0 saturated heterocycles. The molecular formula is C17H19ClN4O2. The lowest BCUT2D eigenvalue weighted by Crippen LogP contribution is -2.29. The molecule has 0 bridgehead atoms. The molecule has 2 N–H and O–H groups in total. The monoisotopic (exact) mass is 346 g/mol. The van der Waals surface area contributed by atoms with Gasteiger partial charge in [-0.3, -0.25) is 0 Å². The maximum Gasteiger partial charge on any atom is 0.413 e. The molecule has 0 aliphatic rings. The van der Waals surface area contributed by atoms with E-state index in [-0.39, 0.29) is 5.88 Å². The van der Waals surface area contributed by atoms with Crippen LogP contribution in [0.25, 0.3) is 10.9 Å². The summed E-state index contributed by atoms with van der Waals surface area (Å²) in [5, 5.41) is 8.38. The van der Waals surface area contributed by atoms with Crippen LogP contribution in [-0.4, -0.2) is 27.4 Å². The first kappa shape index (κ1) is 16.4. The molecule has 3 rings (SSSR count). The lowest BCUT2D eigenvalue weighted by atomic mass is 10.1. The van der Waals surface area contributed by atoms with Crippen molar-refractivity contribution in [1.29, 1.82) is 0 Å². The number of benzene rings is 1. The largest absolute Gasteiger partial charge is 0.413 e. The molecule has 1 amide bonds. The summed E-state index contributed by atoms with van der Waals surface area (Å²) < 4.78 is 6.69. The Hall–Kier alpha value is -2.47. The minimum atomic E-state index is -0.544. The first-order valence-electron chi connectivity index (χ1n) is 7.68. The van der Waals surface area contributed by atoms with Crippen LogP contribution in [0.4, 0.5) is 4.79 Å². The lowest BCUT2D eigenvalue weighted by Gasteiger charge is -2.07. The summed E-state index contributed by atoms with van der Waals surface area (Å²) >= 11 is 6.07. The van der Waals surface area contributed by atoms with Gasteiger partial charge in [0.25, 0.3) is 0 Å². The number of ether oxygens (including phenoxy) is 1. The summed E-state index contributed by atoms with van der Waals surface area (Å²) in [6.45, 7) is 4.26. The van der Waals surface area contributed by atoms with E-state index in [1.54, 1.807) is 14.0 Å². The number of aromatic amines is 1. The van der Waals surface area contributed by atoms with E-state index < -0.39 is 6.09 Å². The number of nitrogens with zero attached hydrogens (tertiary/aromatic N) is 2. The standard InChI is InChI=1S/C17H19ClN4O2/c1-10-12(13-6-4-5-7-14(13)20-10)8-9-19-17(23)24-16-15(18)11(2)21-22(16)3/h4-7,20H,8-9H2,1-3H3,(H,19,23). The molecule has 1 aromatic carbocycles. The zero-order valence-corrected chi connectivity index (χ0v) is 14.6. The summed E-state index contributed by atoms with van der Waals surface area (Å²) in [5.74, 6) is 0.245. The van der Waals surface area contributed by atoms with Crippen molar-refractivity contribution in [2.45, 2.75) is 20.3 Å². The molecule has 6 nitrogen and oxygen atoms in total. The normalized spacial score (nSPS) is 11.0. The highest BCUT2D eigenvalue weighted by molar-refractivity contribution is 6.32. The Morgan fingerprint density at radius 3 is 2.83 bits per heavy atom. The Labute approximate surface area is 144 Å². The third-order valence-corrected chi connectivity index (χ3v) is 4.40. The van der Waals surface area contributed by atoms with Crippen LogP contribution in [0.3, 0.4) is 0 Å². The molecule has 0 saturated carbocycles. The molecule has 0 fully saturated rings. The first-order valence-corrected chi connectivity index (χ1v) is 8.06. The maximum absolute atomic E-state index is 12.0. The van der Waals surface area contributed by atoms with Gasteiger partial charge < -0.3 is 15.0 Å². The van der Waals surface area contributed by atoms with Crippen LogP contribution < -0.4 is 10.1 Å². The Morgan fingerprint density at radius 2 is 2.12 bits per heavy atom. The van der Waals surface area contributed by atoms with Gasteiger partial charge in [0, 0.05) is 30.2 Å². The Kier molecular flexibility index (Phi) is 4.49. The van der Waals surface area contributed by atoms with Crippen LogP contribution in [0.1, 0.15) is 17.0 Å². The molecule has 126 valence electrons. The van der Waals surface area contributed by atoms with Gasteiger partial charge in [-0.2, -0.15) is 5.10 Å². The predicted octanol–water partition coefficient (Wildman–Crippen LogP) is 3.50. The van der Waals surface area contributed by atoms with Crippen molar-refractivity contribution in [2.24, 2.45) is 7.05 Å². The highest BCUT2D eigenvalue weighted by Crippen LogP contribution is 2.26. The van der Waals surface area contributed by atoms with Crippen molar-refractivity contribution in [1.82, 2.24) is 20.1 Å². The fourth-order valence-electron chi connectivity index (χ4n) is 2.79. The second-order valence-electron chi connectivity index (χ2n) is 5.67. The smallest absolute Gasteiger partial charge is 0.390 e. The van der Waals surface area contributed by atoms with E-state index in [9.17, 15) is 4.79 Å². The number of rotatable bonds is 4. The van der Waals surface area contributed by atoms with E-state index >= 15 is 0 Å². The summed E-state index contributed by atoms with van der Waals surface area (Å²) in [6, 6.07) is 8.12. The number of para-hydroxylation sites is 1. The molecule has 2 heterocycles. The van der Waals surface area contributed by atoms with Crippen LogP contribution in [-0.2, 0) is 13.5 Å². The Balaban J connectivity index is 1.61. The molecule has 0 atom stereocenters. The first-order chi connectivity index (χ1) is 11.5. The van der Waals surface area contributed by atoms with Crippen LogP contribution in [0.2, 0.25) is 5.02 Å². The minimum Gasteiger partial charge on any atom is -0.390 e. The number of aryl methyl sites for hydroxylation is 3. The van der Waals surface area contributed by atoms with Crippen molar-refractivity contribution >= 4 is 28.6 Å². The van der Waals surface area contributed by atoms with Crippen molar-refractivity contribution in [3.63, 3.8) is 0 Å². The van der Waals surface area contributed by atoms with Gasteiger partial charge in [0.15, 0.2) is 0 Å². The average molecular weight is 347 g/mol. The topological polar surface area (TPSA) is 71.9 Å². The lowest BCUT2D eigenvalue weighted by molar-refractivity contribution is 0.196. The maximum atomic E-state index is 12.0. The summed E-state index contributed by atoms with van der Waals surface area (Å²) in [7, 11) is 1.68. The van der Waals surface area contributed by atoms with Gasteiger partial charge in [-0.15, -0.1) is 0 Å². The molecule has 2 aromatic heterocycles. The number of nitrogens with one attached hydrogen (secondary N) is 2. The number of amides is 1. The van der Waals surface area contributed by atoms with Crippen LogP contribution in [0.15, 0.2) is 24.3 Å². The van der Waals surface area contributed by atoms with Gasteiger partial charge in [0.05, 0.1) is 5.69 Å². The van der Waals surface area contributed by atoms with Crippen molar-refractivity contribution in [3.8, 4) is 5.88 Å². The summed E-state index contributed by atoms with van der Waals surface area (Å²) in [4.78, 5) is 15.3. The van der Waals surface area contributed by atoms with Gasteiger partial charge in [0.2, 0.25) is 5.88 Å². The molecule has 0 spiro atoms. The number of carbonyl (C=O) groups is 1. The number of hydrogen-bond acceptors (Lipinski definition) is 3. The fraction of sp³-hybridized carbons (Fsp3) is 0.294. The highest BCUT2D eigenvalue weighted by Gasteiger charge is 2.16. The minimum absolute atomic E-state index is 0.245. The van der Waals surface area contributed by atoms with Gasteiger partial charge in [-0.1, -0.05) is 29.8 Å². The highest BCUT2D eigenvalue weighted by atomic mass is 35.5. The number of aromatic nitrogens is 3. The molecule has 24 heavy (non-hydrogen) atoms. The number of carbonyl (C=O) groups excluding carboxylic acids is 1. The third kappa shape index (κ3) is 3.10.